The van der Waals surface area contributed by atoms with Gasteiger partial charge in [-0.15, -0.1) is 11.6 Å². The molecule has 0 amide bonds. The summed E-state index contributed by atoms with van der Waals surface area (Å²) in [5.41, 5.74) is 1.37. The first-order valence-corrected chi connectivity index (χ1v) is 9.35. The molecule has 5 nitrogen and oxygen atoms in total. The zero-order valence-corrected chi connectivity index (χ0v) is 16.3. The van der Waals surface area contributed by atoms with Crippen LogP contribution < -0.4 is 9.47 Å². The fourth-order valence-corrected chi connectivity index (χ4v) is 3.70. The van der Waals surface area contributed by atoms with Crippen LogP contribution in [0.3, 0.4) is 0 Å². The van der Waals surface area contributed by atoms with E-state index >= 15 is 0 Å². The number of alkyl halides is 1. The van der Waals surface area contributed by atoms with Gasteiger partial charge in [-0.05, 0) is 53.8 Å². The summed E-state index contributed by atoms with van der Waals surface area (Å²) in [7, 11) is 1.56. The SMILES string of the molecule is COCOc1ccc2c(c1)CCC2(O)c1cc(Cl)c(OCCCl)c(C#N)c1. The quantitative estimate of drug-likeness (QED) is 0.554. The monoisotopic (exact) mass is 407 g/mol. The average Bonchev–Trinajstić information content (AvgIpc) is 3.02. The van der Waals surface area contributed by atoms with Crippen molar-refractivity contribution in [1.29, 1.82) is 5.26 Å². The van der Waals surface area contributed by atoms with E-state index in [0.29, 0.717) is 24.2 Å². The molecule has 0 aliphatic heterocycles. The highest BCUT2D eigenvalue weighted by Crippen LogP contribution is 2.45. The van der Waals surface area contributed by atoms with E-state index < -0.39 is 5.60 Å². The number of halogens is 2. The third kappa shape index (κ3) is 3.85. The summed E-state index contributed by atoms with van der Waals surface area (Å²) < 4.78 is 15.9. The molecule has 7 heteroatoms. The molecular weight excluding hydrogens is 389 g/mol. The number of hydrogen-bond donors (Lipinski definition) is 1. The number of methoxy groups -OCH3 is 1. The number of aliphatic hydroxyl groups is 1. The van der Waals surface area contributed by atoms with E-state index in [1.54, 1.807) is 25.3 Å². The van der Waals surface area contributed by atoms with E-state index in [1.165, 1.54) is 0 Å². The van der Waals surface area contributed by atoms with Crippen LogP contribution in [0.15, 0.2) is 30.3 Å². The van der Waals surface area contributed by atoms with Crippen molar-refractivity contribution < 1.29 is 19.3 Å². The molecule has 0 radical (unpaired) electrons. The van der Waals surface area contributed by atoms with Crippen molar-refractivity contribution in [3.63, 3.8) is 0 Å². The maximum Gasteiger partial charge on any atom is 0.188 e. The Hall–Kier alpha value is -1.97. The molecule has 1 aliphatic carbocycles. The summed E-state index contributed by atoms with van der Waals surface area (Å²) in [4.78, 5) is 0. The summed E-state index contributed by atoms with van der Waals surface area (Å²) in [6.07, 6.45) is 1.17. The first-order chi connectivity index (χ1) is 13.0. The molecule has 2 aromatic rings. The van der Waals surface area contributed by atoms with E-state index in [4.69, 9.17) is 37.4 Å². The lowest BCUT2D eigenvalue weighted by Gasteiger charge is -2.26. The molecule has 0 saturated heterocycles. The van der Waals surface area contributed by atoms with Gasteiger partial charge in [0.15, 0.2) is 12.5 Å². The standard InChI is InChI=1S/C20H19Cl2NO4/c1-25-12-27-16-2-3-17-13(9-16)4-5-20(17,24)15-8-14(11-23)19(18(22)10-15)26-7-6-21/h2-3,8-10,24H,4-7,12H2,1H3. The van der Waals surface area contributed by atoms with E-state index in [1.807, 2.05) is 12.1 Å². The Morgan fingerprint density at radius 2 is 2.07 bits per heavy atom. The minimum absolute atomic E-state index is 0.161. The Balaban J connectivity index is 1.98. The Morgan fingerprint density at radius 1 is 1.26 bits per heavy atom. The van der Waals surface area contributed by atoms with Gasteiger partial charge in [0.05, 0.1) is 16.5 Å². The van der Waals surface area contributed by atoms with Crippen LogP contribution in [0.5, 0.6) is 11.5 Å². The minimum atomic E-state index is -1.23. The number of nitriles is 1. The van der Waals surface area contributed by atoms with Crippen LogP contribution in [0.1, 0.15) is 28.7 Å². The van der Waals surface area contributed by atoms with Gasteiger partial charge in [0.25, 0.3) is 0 Å². The van der Waals surface area contributed by atoms with Gasteiger partial charge >= 0.3 is 0 Å². The van der Waals surface area contributed by atoms with Gasteiger partial charge in [0.1, 0.15) is 24.0 Å². The summed E-state index contributed by atoms with van der Waals surface area (Å²) in [6, 6.07) is 10.9. The van der Waals surface area contributed by atoms with Crippen molar-refractivity contribution >= 4 is 23.2 Å². The van der Waals surface area contributed by atoms with Crippen LogP contribution in [-0.2, 0) is 16.8 Å². The minimum Gasteiger partial charge on any atom is -0.489 e. The lowest BCUT2D eigenvalue weighted by Crippen LogP contribution is -2.24. The van der Waals surface area contributed by atoms with Crippen molar-refractivity contribution in [1.82, 2.24) is 0 Å². The van der Waals surface area contributed by atoms with Crippen molar-refractivity contribution in [2.45, 2.75) is 18.4 Å². The highest BCUT2D eigenvalue weighted by atomic mass is 35.5. The van der Waals surface area contributed by atoms with Crippen LogP contribution in [0.25, 0.3) is 0 Å². The second-order valence-corrected chi connectivity index (χ2v) is 7.00. The molecule has 0 spiro atoms. The Kier molecular flexibility index (Phi) is 6.13. The lowest BCUT2D eigenvalue weighted by molar-refractivity contribution is 0.0510. The van der Waals surface area contributed by atoms with Crippen molar-refractivity contribution in [3.8, 4) is 17.6 Å². The average molecular weight is 408 g/mol. The third-order valence-corrected chi connectivity index (χ3v) is 5.02. The molecule has 1 atom stereocenters. The van der Waals surface area contributed by atoms with Crippen molar-refractivity contribution in [2.75, 3.05) is 26.4 Å². The van der Waals surface area contributed by atoms with E-state index in [9.17, 15) is 10.4 Å². The Labute approximate surface area is 168 Å². The molecule has 2 aromatic carbocycles. The number of fused-ring (bicyclic) bond motifs is 1. The maximum absolute atomic E-state index is 11.4. The molecule has 1 aliphatic rings. The fraction of sp³-hybridized carbons (Fsp3) is 0.350. The molecule has 0 bridgehead atoms. The fourth-order valence-electron chi connectivity index (χ4n) is 3.35. The molecule has 142 valence electrons. The molecule has 0 saturated carbocycles. The van der Waals surface area contributed by atoms with Gasteiger partial charge in [-0.1, -0.05) is 17.7 Å². The van der Waals surface area contributed by atoms with Gasteiger partial charge < -0.3 is 19.3 Å². The normalized spacial score (nSPS) is 18.0. The van der Waals surface area contributed by atoms with Crippen molar-refractivity contribution in [3.05, 3.63) is 57.6 Å². The molecule has 0 heterocycles. The second kappa shape index (κ2) is 8.37. The molecule has 27 heavy (non-hydrogen) atoms. The number of hydrogen-bond acceptors (Lipinski definition) is 5. The van der Waals surface area contributed by atoms with Gasteiger partial charge in [-0.25, -0.2) is 0 Å². The topological polar surface area (TPSA) is 71.7 Å². The first kappa shape index (κ1) is 19.8. The molecule has 1 unspecified atom stereocenters. The third-order valence-electron chi connectivity index (χ3n) is 4.59. The summed E-state index contributed by atoms with van der Waals surface area (Å²) in [5, 5.41) is 21.1. The summed E-state index contributed by atoms with van der Waals surface area (Å²) in [6.45, 7) is 0.403. The summed E-state index contributed by atoms with van der Waals surface area (Å²) >= 11 is 12.0. The smallest absolute Gasteiger partial charge is 0.188 e. The number of rotatable bonds is 7. The number of benzene rings is 2. The van der Waals surface area contributed by atoms with Gasteiger partial charge in [0, 0.05) is 7.11 Å². The van der Waals surface area contributed by atoms with Crippen LogP contribution in [0, 0.1) is 11.3 Å². The summed E-state index contributed by atoms with van der Waals surface area (Å²) in [5.74, 6) is 1.25. The Bertz CT molecular complexity index is 881. The molecule has 0 aromatic heterocycles. The highest BCUT2D eigenvalue weighted by molar-refractivity contribution is 6.32. The zero-order chi connectivity index (χ0) is 19.4. The molecular formula is C20H19Cl2NO4. The van der Waals surface area contributed by atoms with E-state index in [2.05, 4.69) is 6.07 Å². The number of ether oxygens (including phenoxy) is 3. The van der Waals surface area contributed by atoms with Crippen LogP contribution >= 0.6 is 23.2 Å². The van der Waals surface area contributed by atoms with Crippen LogP contribution in [-0.4, -0.2) is 31.5 Å². The van der Waals surface area contributed by atoms with Crippen LogP contribution in [0.4, 0.5) is 0 Å². The maximum atomic E-state index is 11.4. The number of aryl methyl sites for hydroxylation is 1. The lowest BCUT2D eigenvalue weighted by atomic mass is 9.87. The largest absolute Gasteiger partial charge is 0.489 e. The van der Waals surface area contributed by atoms with E-state index in [0.717, 1.165) is 11.1 Å². The highest BCUT2D eigenvalue weighted by Gasteiger charge is 2.39. The number of nitrogens with zero attached hydrogens (tertiary/aromatic N) is 1. The van der Waals surface area contributed by atoms with Crippen LogP contribution in [0.2, 0.25) is 5.02 Å². The molecule has 3 rings (SSSR count). The Morgan fingerprint density at radius 3 is 2.78 bits per heavy atom. The van der Waals surface area contributed by atoms with Gasteiger partial charge in [0.2, 0.25) is 0 Å². The van der Waals surface area contributed by atoms with Gasteiger partial charge in [-0.3, -0.25) is 0 Å². The first-order valence-electron chi connectivity index (χ1n) is 8.44. The van der Waals surface area contributed by atoms with E-state index in [-0.39, 0.29) is 35.6 Å². The predicted octanol–water partition coefficient (Wildman–Crippen LogP) is 3.99. The van der Waals surface area contributed by atoms with Gasteiger partial charge in [-0.2, -0.15) is 5.26 Å². The molecule has 1 N–H and O–H groups in total. The zero-order valence-electron chi connectivity index (χ0n) is 14.8. The molecule has 0 fully saturated rings. The predicted molar refractivity (Wildman–Crippen MR) is 103 cm³/mol. The van der Waals surface area contributed by atoms with Crippen molar-refractivity contribution in [2.24, 2.45) is 0 Å². The second-order valence-electron chi connectivity index (χ2n) is 6.21.